The number of carboxylic acids is 1. The molecule has 0 bridgehead atoms. The molecule has 112 heavy (non-hydrogen) atoms. The number of carbonyl (C=O) groups is 17. The van der Waals surface area contributed by atoms with Gasteiger partial charge in [-0.2, -0.15) is 0 Å². The van der Waals surface area contributed by atoms with Gasteiger partial charge >= 0.3 is 5.97 Å². The molecule has 15 atom stereocenters. The van der Waals surface area contributed by atoms with Gasteiger partial charge in [0.15, 0.2) is 5.96 Å². The van der Waals surface area contributed by atoms with Crippen LogP contribution in [-0.4, -0.2) is 263 Å². The van der Waals surface area contributed by atoms with Crippen LogP contribution < -0.4 is 104 Å². The zero-order chi connectivity index (χ0) is 84.2. The lowest BCUT2D eigenvalue weighted by atomic mass is 10.0. The second-order valence-electron chi connectivity index (χ2n) is 29.5. The first kappa shape index (κ1) is 96.3. The average molecular weight is 1590 g/mol. The molecule has 632 valence electrons. The fourth-order valence-corrected chi connectivity index (χ4v) is 13.1. The Morgan fingerprint density at radius 2 is 0.732 bits per heavy atom. The van der Waals surface area contributed by atoms with Crippen LogP contribution in [0.1, 0.15) is 190 Å². The van der Waals surface area contributed by atoms with Gasteiger partial charge in [0.2, 0.25) is 94.5 Å². The number of carbonyl (C=O) groups excluding carboxylic acids is 16. The van der Waals surface area contributed by atoms with E-state index in [1.54, 1.807) is 27.7 Å². The van der Waals surface area contributed by atoms with E-state index in [1.165, 1.54) is 42.4 Å². The second kappa shape index (κ2) is 48.8. The van der Waals surface area contributed by atoms with E-state index in [0.717, 1.165) is 0 Å². The van der Waals surface area contributed by atoms with E-state index in [9.17, 15) is 86.6 Å². The molecular formula is C71H125N23O18. The lowest BCUT2D eigenvalue weighted by Crippen LogP contribution is -2.61. The number of aliphatic carboxylic acids is 1. The maximum Gasteiger partial charge on any atom is 0.326 e. The third-order valence-corrected chi connectivity index (χ3v) is 19.7. The van der Waals surface area contributed by atoms with Gasteiger partial charge in [0, 0.05) is 39.0 Å². The highest BCUT2D eigenvalue weighted by Crippen LogP contribution is 2.25. The highest BCUT2D eigenvalue weighted by atomic mass is 16.4. The Morgan fingerprint density at radius 1 is 0.375 bits per heavy atom. The first-order chi connectivity index (χ1) is 52.8. The molecule has 3 heterocycles. The Kier molecular flexibility index (Phi) is 41.9. The van der Waals surface area contributed by atoms with Crippen LogP contribution in [0.4, 0.5) is 0 Å². The van der Waals surface area contributed by atoms with Gasteiger partial charge in [-0.1, -0.05) is 34.1 Å². The number of hydrogen-bond donors (Lipinski definition) is 21. The van der Waals surface area contributed by atoms with Gasteiger partial charge < -0.3 is 124 Å². The van der Waals surface area contributed by atoms with Crippen molar-refractivity contribution in [2.24, 2.45) is 52.0 Å². The predicted molar refractivity (Wildman–Crippen MR) is 408 cm³/mol. The predicted octanol–water partition coefficient (Wildman–Crippen LogP) is -6.72. The average Bonchev–Trinajstić information content (AvgIpc) is 1.65. The Bertz CT molecular complexity index is 3270. The van der Waals surface area contributed by atoms with Crippen molar-refractivity contribution in [1.82, 2.24) is 78.5 Å². The van der Waals surface area contributed by atoms with Crippen LogP contribution in [0.2, 0.25) is 0 Å². The minimum absolute atomic E-state index is 0.00351. The SMILES string of the molecule is CC(C)[C@H](NC(=O)[C@H](CCCCN)NC(=O)[C@H](CCCNC(=N)N)NC(=O)[C@@H]1CCCN1C(=O)[C@H](CCCCN)NC(=O)[C@H](C)NC(=O)[C@H](CCC(N)=O)NC(=O)[C@@H]1CCCN1C(=O)[C@@H](NC(=O)[C@@H]1CCCN1C(=O)[C@H](C)NC(=O)[C@@H](N)CCCCN)C(C)C)C(=O)N[C@@H](C)C(=O)N[C@@H](C)C(=O)N[C@@H](CCC(N)=O)C(=O)O. The fourth-order valence-electron chi connectivity index (χ4n) is 13.1. The molecule has 3 aliphatic rings. The summed E-state index contributed by atoms with van der Waals surface area (Å²) in [6.45, 7) is 13.1. The summed E-state index contributed by atoms with van der Waals surface area (Å²) in [6, 6.07) is -19.0. The zero-order valence-corrected chi connectivity index (χ0v) is 65.9. The molecule has 16 amide bonds. The first-order valence-corrected chi connectivity index (χ1v) is 38.8. The summed E-state index contributed by atoms with van der Waals surface area (Å²) in [5.41, 5.74) is 39.4. The van der Waals surface area contributed by atoms with Crippen LogP contribution in [0.15, 0.2) is 0 Å². The summed E-state index contributed by atoms with van der Waals surface area (Å²) in [7, 11) is 0. The maximum atomic E-state index is 14.8. The number of nitrogens with zero attached hydrogens (tertiary/aromatic N) is 3. The molecule has 28 N–H and O–H groups in total. The third-order valence-electron chi connectivity index (χ3n) is 19.7. The van der Waals surface area contributed by atoms with Gasteiger partial charge in [-0.3, -0.25) is 82.1 Å². The van der Waals surface area contributed by atoms with Gasteiger partial charge in [-0.15, -0.1) is 0 Å². The van der Waals surface area contributed by atoms with Crippen molar-refractivity contribution >= 4 is 106 Å². The number of unbranched alkanes of at least 4 members (excludes halogenated alkanes) is 3. The summed E-state index contributed by atoms with van der Waals surface area (Å²) in [4.78, 5) is 235. The lowest BCUT2D eigenvalue weighted by Gasteiger charge is -2.33. The Labute approximate surface area is 653 Å². The highest BCUT2D eigenvalue weighted by Gasteiger charge is 2.45. The van der Waals surface area contributed by atoms with Crippen LogP contribution in [0.25, 0.3) is 0 Å². The summed E-state index contributed by atoms with van der Waals surface area (Å²) < 4.78 is 0. The molecule has 41 nitrogen and oxygen atoms in total. The standard InChI is InChI=1S/C71H125N23O18/c1-37(2)54(66(107)83-39(5)56(97)81-40(6)58(99)89-48(70(111)112)27-29-53(77)96)90-62(103)44(20-10-13-31-73)85-61(102)45(22-15-33-80-71(78)79)86-63(104)49-23-17-35-93(49)68(109)47(21-11-14-32-74)88-57(98)41(7)82-60(101)46(26-28-52(76)95)87-64(105)50-24-18-36-94(50)69(110)55(38(3)4)91-65(106)51-25-16-34-92(51)67(108)42(8)84-59(100)43(75)19-9-12-30-72/h37-51,54-55H,9-36,72-75H2,1-8H3,(H2,76,95)(H2,77,96)(H,81,97)(H,82,101)(H,83,107)(H,84,100)(H,85,102)(H,86,104)(H,87,105)(H,88,98)(H,89,99)(H,90,103)(H,91,106)(H,111,112)(H4,78,79,80)/t39-,40-,41-,42-,43-,44-,45-,46-,47-,48-,49-,50-,51-,54-,55-/m0/s1. The van der Waals surface area contributed by atoms with E-state index in [0.29, 0.717) is 70.8 Å². The lowest BCUT2D eigenvalue weighted by molar-refractivity contribution is -0.145. The first-order valence-electron chi connectivity index (χ1n) is 38.8. The molecule has 0 aliphatic carbocycles. The summed E-state index contributed by atoms with van der Waals surface area (Å²) in [5.74, 6) is -15.3. The summed E-state index contributed by atoms with van der Waals surface area (Å²) >= 11 is 0. The Hall–Kier alpha value is -9.90. The molecule has 0 aromatic rings. The van der Waals surface area contributed by atoms with Crippen molar-refractivity contribution in [1.29, 1.82) is 5.41 Å². The minimum atomic E-state index is -1.51. The Morgan fingerprint density at radius 3 is 1.20 bits per heavy atom. The number of guanidine groups is 1. The topological polar surface area (TPSA) is 670 Å². The van der Waals surface area contributed by atoms with Crippen LogP contribution in [0, 0.1) is 17.2 Å². The number of carboxylic acid groups (broad SMARTS) is 1. The van der Waals surface area contributed by atoms with Gasteiger partial charge in [0.1, 0.15) is 84.6 Å². The van der Waals surface area contributed by atoms with Crippen molar-refractivity contribution in [2.45, 2.75) is 281 Å². The van der Waals surface area contributed by atoms with Crippen LogP contribution >= 0.6 is 0 Å². The molecule has 0 radical (unpaired) electrons. The maximum absolute atomic E-state index is 14.8. The van der Waals surface area contributed by atoms with Crippen LogP contribution in [-0.2, 0) is 81.5 Å². The molecule has 0 spiro atoms. The molecule has 3 saturated heterocycles. The number of primary amides is 2. The molecular weight excluding hydrogens is 1460 g/mol. The molecule has 3 fully saturated rings. The number of nitrogens with two attached hydrogens (primary N) is 7. The molecule has 3 rings (SSSR count). The molecule has 0 aromatic carbocycles. The van der Waals surface area contributed by atoms with Crippen molar-refractivity contribution < 1.29 is 86.6 Å². The van der Waals surface area contributed by atoms with Gasteiger partial charge in [0.05, 0.1) is 6.04 Å². The summed E-state index contributed by atoms with van der Waals surface area (Å²) in [6.07, 6.45) is 3.21. The van der Waals surface area contributed by atoms with Crippen molar-refractivity contribution in [2.75, 3.05) is 45.8 Å². The third kappa shape index (κ3) is 31.7. The number of amides is 16. The van der Waals surface area contributed by atoms with E-state index in [4.69, 9.17) is 45.5 Å². The second-order valence-corrected chi connectivity index (χ2v) is 29.5. The van der Waals surface area contributed by atoms with E-state index in [2.05, 4.69) is 63.8 Å². The summed E-state index contributed by atoms with van der Waals surface area (Å²) in [5, 5.41) is 48.2. The van der Waals surface area contributed by atoms with Gasteiger partial charge in [-0.25, -0.2) is 4.79 Å². The number of hydrogen-bond acceptors (Lipinski definition) is 22. The number of nitrogens with one attached hydrogen (secondary N) is 13. The minimum Gasteiger partial charge on any atom is -0.480 e. The molecule has 0 unspecified atom stereocenters. The fraction of sp³-hybridized carbons (Fsp3) is 0.746. The quantitative estimate of drug-likeness (QED) is 0.0153. The van der Waals surface area contributed by atoms with Crippen molar-refractivity contribution in [3.05, 3.63) is 0 Å². The van der Waals surface area contributed by atoms with Crippen LogP contribution in [0.3, 0.4) is 0 Å². The van der Waals surface area contributed by atoms with Crippen molar-refractivity contribution in [3.8, 4) is 0 Å². The van der Waals surface area contributed by atoms with Gasteiger partial charge in [0.25, 0.3) is 0 Å². The largest absolute Gasteiger partial charge is 0.480 e. The monoisotopic (exact) mass is 1590 g/mol. The molecule has 0 aromatic heterocycles. The highest BCUT2D eigenvalue weighted by molar-refractivity contribution is 6.01. The smallest absolute Gasteiger partial charge is 0.326 e. The van der Waals surface area contributed by atoms with Crippen molar-refractivity contribution in [3.63, 3.8) is 0 Å². The normalized spacial score (nSPS) is 18.6. The molecule has 41 heteroatoms. The van der Waals surface area contributed by atoms with E-state index in [1.807, 2.05) is 0 Å². The van der Waals surface area contributed by atoms with Gasteiger partial charge in [-0.05, 0) is 175 Å². The van der Waals surface area contributed by atoms with E-state index >= 15 is 0 Å². The van der Waals surface area contributed by atoms with E-state index < -0.39 is 209 Å². The zero-order valence-electron chi connectivity index (χ0n) is 65.9. The van der Waals surface area contributed by atoms with Crippen LogP contribution in [0.5, 0.6) is 0 Å². The number of rotatable bonds is 50. The Balaban J connectivity index is 1.80. The molecule has 0 saturated carbocycles. The molecule has 3 aliphatic heterocycles. The number of likely N-dealkylation sites (tertiary alicyclic amines) is 3. The van der Waals surface area contributed by atoms with E-state index in [-0.39, 0.29) is 109 Å².